The Bertz CT molecular complexity index is 890. The van der Waals surface area contributed by atoms with Crippen LogP contribution < -0.4 is 10.1 Å². The number of hydrogen-bond donors (Lipinski definition) is 1. The molecule has 30 heavy (non-hydrogen) atoms. The predicted molar refractivity (Wildman–Crippen MR) is 118 cm³/mol. The third-order valence-electron chi connectivity index (χ3n) is 5.22. The van der Waals surface area contributed by atoms with Gasteiger partial charge in [0.15, 0.2) is 0 Å². The Morgan fingerprint density at radius 2 is 1.80 bits per heavy atom. The summed E-state index contributed by atoms with van der Waals surface area (Å²) in [5.41, 5.74) is 1.61. The minimum absolute atomic E-state index is 0.0197. The molecule has 2 aromatic carbocycles. The van der Waals surface area contributed by atoms with E-state index in [1.165, 1.54) is 0 Å². The maximum atomic E-state index is 12.8. The molecule has 0 spiro atoms. The highest BCUT2D eigenvalue weighted by Gasteiger charge is 2.24. The van der Waals surface area contributed by atoms with Crippen LogP contribution in [0.4, 0.5) is 4.79 Å². The topological polar surface area (TPSA) is 61.9 Å². The van der Waals surface area contributed by atoms with Crippen molar-refractivity contribution in [3.63, 3.8) is 0 Å². The van der Waals surface area contributed by atoms with E-state index in [4.69, 9.17) is 16.3 Å². The van der Waals surface area contributed by atoms with Gasteiger partial charge in [-0.05, 0) is 49.6 Å². The van der Waals surface area contributed by atoms with Crippen LogP contribution in [0.3, 0.4) is 0 Å². The molecule has 1 N–H and O–H groups in total. The summed E-state index contributed by atoms with van der Waals surface area (Å²) in [5.74, 6) is 0.719. The lowest BCUT2D eigenvalue weighted by Gasteiger charge is -2.24. The number of benzene rings is 2. The lowest BCUT2D eigenvalue weighted by Crippen LogP contribution is -2.46. The number of nitrogens with one attached hydrogen (secondary N) is 1. The average Bonchev–Trinajstić information content (AvgIpc) is 3.00. The van der Waals surface area contributed by atoms with Gasteiger partial charge in [0.1, 0.15) is 5.75 Å². The highest BCUT2D eigenvalue weighted by molar-refractivity contribution is 6.33. The highest BCUT2D eigenvalue weighted by Crippen LogP contribution is 2.18. The van der Waals surface area contributed by atoms with Crippen molar-refractivity contribution >= 4 is 23.5 Å². The van der Waals surface area contributed by atoms with Crippen LogP contribution in [0.1, 0.15) is 29.3 Å². The number of rotatable bonds is 5. The number of nitrogens with zero attached hydrogens (tertiary/aromatic N) is 2. The fourth-order valence-electron chi connectivity index (χ4n) is 3.63. The van der Waals surface area contributed by atoms with E-state index in [2.05, 4.69) is 5.32 Å². The first-order chi connectivity index (χ1) is 14.5. The first kappa shape index (κ1) is 22.0. The Morgan fingerprint density at radius 1 is 1.07 bits per heavy atom. The van der Waals surface area contributed by atoms with Crippen LogP contribution in [0.2, 0.25) is 5.02 Å². The van der Waals surface area contributed by atoms with Crippen LogP contribution in [-0.4, -0.2) is 61.1 Å². The molecule has 1 aliphatic heterocycles. The van der Waals surface area contributed by atoms with Gasteiger partial charge >= 0.3 is 6.03 Å². The number of urea groups is 1. The van der Waals surface area contributed by atoms with E-state index in [0.29, 0.717) is 43.2 Å². The van der Waals surface area contributed by atoms with Crippen LogP contribution >= 0.6 is 11.6 Å². The van der Waals surface area contributed by atoms with Crippen LogP contribution in [0.25, 0.3) is 0 Å². The standard InChI is InChI=1S/C23H28ClN3O3/c1-17(15-18-7-5-8-19(16-18)30-2)25-23(29)27-12-6-11-26(13-14-27)22(28)20-9-3-4-10-21(20)24/h3-5,7-10,16-17H,6,11-15H2,1-2H3,(H,25,29). The monoisotopic (exact) mass is 429 g/mol. The first-order valence-corrected chi connectivity index (χ1v) is 10.6. The number of hydrogen-bond acceptors (Lipinski definition) is 3. The van der Waals surface area contributed by atoms with Crippen molar-refractivity contribution in [1.29, 1.82) is 0 Å². The molecular formula is C23H28ClN3O3. The summed E-state index contributed by atoms with van der Waals surface area (Å²) in [6.07, 6.45) is 1.45. The van der Waals surface area contributed by atoms with E-state index in [1.54, 1.807) is 41.2 Å². The van der Waals surface area contributed by atoms with Gasteiger partial charge in [-0.25, -0.2) is 4.79 Å². The number of halogens is 1. The zero-order valence-corrected chi connectivity index (χ0v) is 18.2. The van der Waals surface area contributed by atoms with Crippen LogP contribution in [-0.2, 0) is 6.42 Å². The predicted octanol–water partition coefficient (Wildman–Crippen LogP) is 3.84. The SMILES string of the molecule is COc1cccc(CC(C)NC(=O)N2CCCN(C(=O)c3ccccc3Cl)CC2)c1. The van der Waals surface area contributed by atoms with Crippen molar-refractivity contribution in [3.05, 3.63) is 64.7 Å². The van der Waals surface area contributed by atoms with Crippen molar-refractivity contribution in [1.82, 2.24) is 15.1 Å². The van der Waals surface area contributed by atoms with Gasteiger partial charge in [0.2, 0.25) is 0 Å². The van der Waals surface area contributed by atoms with E-state index in [-0.39, 0.29) is 18.0 Å². The number of methoxy groups -OCH3 is 1. The molecule has 0 saturated carbocycles. The second kappa shape index (κ2) is 10.3. The molecule has 6 nitrogen and oxygen atoms in total. The van der Waals surface area contributed by atoms with E-state index in [9.17, 15) is 9.59 Å². The molecule has 1 heterocycles. The number of amides is 3. The molecule has 1 atom stereocenters. The number of carbonyl (C=O) groups excluding carboxylic acids is 2. The van der Waals surface area contributed by atoms with Gasteiger partial charge in [0, 0.05) is 32.2 Å². The van der Waals surface area contributed by atoms with Gasteiger partial charge in [-0.3, -0.25) is 4.79 Å². The second-order valence-electron chi connectivity index (χ2n) is 7.52. The molecule has 0 aromatic heterocycles. The summed E-state index contributed by atoms with van der Waals surface area (Å²) in [7, 11) is 1.64. The van der Waals surface area contributed by atoms with Crippen molar-refractivity contribution in [2.24, 2.45) is 0 Å². The van der Waals surface area contributed by atoms with Crippen LogP contribution in [0.15, 0.2) is 48.5 Å². The smallest absolute Gasteiger partial charge is 0.317 e. The largest absolute Gasteiger partial charge is 0.497 e. The van der Waals surface area contributed by atoms with Gasteiger partial charge in [-0.2, -0.15) is 0 Å². The molecule has 1 aliphatic rings. The molecule has 1 fully saturated rings. The number of carbonyl (C=O) groups is 2. The van der Waals surface area contributed by atoms with Gasteiger partial charge in [-0.1, -0.05) is 35.9 Å². The minimum atomic E-state index is -0.0996. The third kappa shape index (κ3) is 5.66. The number of ether oxygens (including phenoxy) is 1. The average molecular weight is 430 g/mol. The Kier molecular flexibility index (Phi) is 7.57. The zero-order chi connectivity index (χ0) is 21.5. The normalized spacial score (nSPS) is 15.3. The maximum Gasteiger partial charge on any atom is 0.317 e. The molecule has 1 unspecified atom stereocenters. The van der Waals surface area contributed by atoms with E-state index in [0.717, 1.165) is 17.7 Å². The van der Waals surface area contributed by atoms with Gasteiger partial charge < -0.3 is 19.9 Å². The molecule has 1 saturated heterocycles. The van der Waals surface area contributed by atoms with E-state index in [1.807, 2.05) is 31.2 Å². The Balaban J connectivity index is 1.53. The van der Waals surface area contributed by atoms with E-state index < -0.39 is 0 Å². The van der Waals surface area contributed by atoms with Crippen molar-refractivity contribution in [2.45, 2.75) is 25.8 Å². The van der Waals surface area contributed by atoms with Crippen LogP contribution in [0, 0.1) is 0 Å². The second-order valence-corrected chi connectivity index (χ2v) is 7.93. The Labute approximate surface area is 182 Å². The molecule has 0 aliphatic carbocycles. The molecule has 3 rings (SSSR count). The van der Waals surface area contributed by atoms with Gasteiger partial charge in [0.05, 0.1) is 17.7 Å². The third-order valence-corrected chi connectivity index (χ3v) is 5.55. The first-order valence-electron chi connectivity index (χ1n) is 10.2. The van der Waals surface area contributed by atoms with E-state index >= 15 is 0 Å². The summed E-state index contributed by atoms with van der Waals surface area (Å²) in [5, 5.41) is 3.52. The van der Waals surface area contributed by atoms with Crippen LogP contribution in [0.5, 0.6) is 5.75 Å². The Hall–Kier alpha value is -2.73. The van der Waals surface area contributed by atoms with Crippen molar-refractivity contribution in [2.75, 3.05) is 33.3 Å². The molecule has 2 aromatic rings. The summed E-state index contributed by atoms with van der Waals surface area (Å²) in [6, 6.07) is 14.8. The Morgan fingerprint density at radius 3 is 2.57 bits per heavy atom. The van der Waals surface area contributed by atoms with Gasteiger partial charge in [0.25, 0.3) is 5.91 Å². The minimum Gasteiger partial charge on any atom is -0.497 e. The molecule has 7 heteroatoms. The maximum absolute atomic E-state index is 12.8. The summed E-state index contributed by atoms with van der Waals surface area (Å²) >= 11 is 6.17. The molecule has 0 bridgehead atoms. The quantitative estimate of drug-likeness (QED) is 0.785. The fourth-order valence-corrected chi connectivity index (χ4v) is 3.85. The fraction of sp³-hybridized carbons (Fsp3) is 0.391. The van der Waals surface area contributed by atoms with Gasteiger partial charge in [-0.15, -0.1) is 0 Å². The van der Waals surface area contributed by atoms with Crippen molar-refractivity contribution in [3.8, 4) is 5.75 Å². The lowest BCUT2D eigenvalue weighted by molar-refractivity contribution is 0.0762. The summed E-state index contributed by atoms with van der Waals surface area (Å²) in [4.78, 5) is 29.1. The molecule has 0 radical (unpaired) electrons. The summed E-state index contributed by atoms with van der Waals surface area (Å²) in [6.45, 7) is 4.19. The zero-order valence-electron chi connectivity index (χ0n) is 17.4. The molecule has 160 valence electrons. The highest BCUT2D eigenvalue weighted by atomic mass is 35.5. The van der Waals surface area contributed by atoms with Crippen molar-refractivity contribution < 1.29 is 14.3 Å². The molecule has 3 amide bonds. The molecular weight excluding hydrogens is 402 g/mol. The lowest BCUT2D eigenvalue weighted by atomic mass is 10.1. The summed E-state index contributed by atoms with van der Waals surface area (Å²) < 4.78 is 5.26.